The van der Waals surface area contributed by atoms with Gasteiger partial charge >= 0.3 is 5.97 Å². The van der Waals surface area contributed by atoms with Crippen molar-refractivity contribution in [3.05, 3.63) is 23.8 Å². The second-order valence-corrected chi connectivity index (χ2v) is 5.28. The van der Waals surface area contributed by atoms with Gasteiger partial charge in [0, 0.05) is 31.1 Å². The maximum Gasteiger partial charge on any atom is 0.303 e. The lowest BCUT2D eigenvalue weighted by molar-refractivity contribution is -0.139. The normalized spacial score (nSPS) is 15.2. The number of carboxylic acid groups (broad SMARTS) is 1. The summed E-state index contributed by atoms with van der Waals surface area (Å²) < 4.78 is 1.77. The van der Waals surface area contributed by atoms with E-state index in [2.05, 4.69) is 10.3 Å². The van der Waals surface area contributed by atoms with Crippen molar-refractivity contribution >= 4 is 22.9 Å². The molecule has 0 saturated carbocycles. The molecule has 2 aromatic rings. The summed E-state index contributed by atoms with van der Waals surface area (Å²) in [5, 5.41) is 16.8. The summed E-state index contributed by atoms with van der Waals surface area (Å²) in [6.07, 6.45) is 0.119. The average Bonchev–Trinajstić information content (AvgIpc) is 2.83. The highest BCUT2D eigenvalue weighted by Gasteiger charge is 2.32. The Bertz CT molecular complexity index is 703. The number of carbonyl (C=O) groups excluding carboxylic acids is 1. The van der Waals surface area contributed by atoms with Gasteiger partial charge in [-0.2, -0.15) is 0 Å². The fraction of sp³-hybridized carbons (Fsp3) is 0.429. The number of aliphatic carboxylic acids is 1. The fourth-order valence-corrected chi connectivity index (χ4v) is 2.63. The molecule has 1 aromatic heterocycles. The number of carboxylic acids is 1. The zero-order chi connectivity index (χ0) is 15.0. The van der Waals surface area contributed by atoms with Crippen molar-refractivity contribution in [3.63, 3.8) is 0 Å². The molecule has 1 aliphatic heterocycles. The summed E-state index contributed by atoms with van der Waals surface area (Å²) in [5.74, 6) is -0.828. The number of benzene rings is 1. The first kappa shape index (κ1) is 13.5. The third-order valence-electron chi connectivity index (χ3n) is 3.77. The fourth-order valence-electron chi connectivity index (χ4n) is 2.63. The summed E-state index contributed by atoms with van der Waals surface area (Å²) in [6.45, 7) is 3.72. The van der Waals surface area contributed by atoms with E-state index in [9.17, 15) is 9.59 Å². The number of hydrogen-bond acceptors (Lipinski definition) is 4. The molecule has 110 valence electrons. The van der Waals surface area contributed by atoms with E-state index in [-0.39, 0.29) is 18.2 Å². The van der Waals surface area contributed by atoms with Gasteiger partial charge in [0.1, 0.15) is 5.52 Å². The SMILES string of the molecule is CCn1nnc2cc(C(=O)N3CC(CC(=O)O)C3)ccc21. The number of likely N-dealkylation sites (tertiary alicyclic amines) is 1. The maximum atomic E-state index is 12.3. The van der Waals surface area contributed by atoms with Crippen molar-refractivity contribution in [2.75, 3.05) is 13.1 Å². The zero-order valence-electron chi connectivity index (χ0n) is 11.7. The van der Waals surface area contributed by atoms with Gasteiger partial charge in [-0.25, -0.2) is 4.68 Å². The highest BCUT2D eigenvalue weighted by atomic mass is 16.4. The van der Waals surface area contributed by atoms with Crippen LogP contribution in [-0.4, -0.2) is 50.0 Å². The smallest absolute Gasteiger partial charge is 0.303 e. The van der Waals surface area contributed by atoms with Gasteiger partial charge in [-0.1, -0.05) is 5.21 Å². The first-order valence-corrected chi connectivity index (χ1v) is 6.92. The summed E-state index contributed by atoms with van der Waals surface area (Å²) >= 11 is 0. The van der Waals surface area contributed by atoms with Gasteiger partial charge in [0.15, 0.2) is 0 Å². The van der Waals surface area contributed by atoms with Gasteiger partial charge < -0.3 is 10.0 Å². The van der Waals surface area contributed by atoms with Crippen molar-refractivity contribution in [1.82, 2.24) is 19.9 Å². The van der Waals surface area contributed by atoms with Gasteiger partial charge in [0.05, 0.1) is 11.9 Å². The molecular weight excluding hydrogens is 272 g/mol. The maximum absolute atomic E-state index is 12.3. The Hall–Kier alpha value is -2.44. The van der Waals surface area contributed by atoms with Crippen LogP contribution in [0.25, 0.3) is 11.0 Å². The molecule has 7 heteroatoms. The minimum absolute atomic E-state index is 0.0659. The number of aryl methyl sites for hydroxylation is 1. The van der Waals surface area contributed by atoms with Gasteiger partial charge in [-0.15, -0.1) is 5.10 Å². The quantitative estimate of drug-likeness (QED) is 0.906. The van der Waals surface area contributed by atoms with Crippen LogP contribution in [0, 0.1) is 5.92 Å². The van der Waals surface area contributed by atoms with Crippen molar-refractivity contribution < 1.29 is 14.7 Å². The molecule has 3 rings (SSSR count). The van der Waals surface area contributed by atoms with E-state index in [1.54, 1.807) is 21.7 Å². The van der Waals surface area contributed by atoms with Gasteiger partial charge in [-0.3, -0.25) is 9.59 Å². The molecule has 1 amide bonds. The van der Waals surface area contributed by atoms with Crippen LogP contribution in [0.5, 0.6) is 0 Å². The van der Waals surface area contributed by atoms with E-state index in [1.807, 2.05) is 13.0 Å². The van der Waals surface area contributed by atoms with Crippen molar-refractivity contribution in [2.45, 2.75) is 19.9 Å². The molecule has 2 heterocycles. The summed E-state index contributed by atoms with van der Waals surface area (Å²) in [4.78, 5) is 24.6. The molecule has 1 N–H and O–H groups in total. The minimum atomic E-state index is -0.815. The summed E-state index contributed by atoms with van der Waals surface area (Å²) in [7, 11) is 0. The van der Waals surface area contributed by atoms with Crippen molar-refractivity contribution in [1.29, 1.82) is 0 Å². The number of nitrogens with zero attached hydrogens (tertiary/aromatic N) is 4. The number of hydrogen-bond donors (Lipinski definition) is 1. The molecule has 1 aliphatic rings. The molecule has 0 unspecified atom stereocenters. The molecule has 1 fully saturated rings. The molecule has 1 saturated heterocycles. The highest BCUT2D eigenvalue weighted by molar-refractivity contribution is 5.97. The third-order valence-corrected chi connectivity index (χ3v) is 3.77. The summed E-state index contributed by atoms with van der Waals surface area (Å²) in [5.41, 5.74) is 2.17. The molecule has 0 atom stereocenters. The van der Waals surface area contributed by atoms with E-state index < -0.39 is 5.97 Å². The summed E-state index contributed by atoms with van der Waals surface area (Å²) in [6, 6.07) is 5.35. The van der Waals surface area contributed by atoms with Crippen LogP contribution in [0.2, 0.25) is 0 Å². The van der Waals surface area contributed by atoms with Crippen LogP contribution in [0.1, 0.15) is 23.7 Å². The largest absolute Gasteiger partial charge is 0.481 e. The number of carbonyl (C=O) groups is 2. The van der Waals surface area contributed by atoms with Gasteiger partial charge in [-0.05, 0) is 25.1 Å². The van der Waals surface area contributed by atoms with Gasteiger partial charge in [0.25, 0.3) is 5.91 Å². The zero-order valence-corrected chi connectivity index (χ0v) is 11.7. The van der Waals surface area contributed by atoms with Crippen LogP contribution in [-0.2, 0) is 11.3 Å². The molecule has 0 radical (unpaired) electrons. The van der Waals surface area contributed by atoms with E-state index in [4.69, 9.17) is 5.11 Å². The predicted octanol–water partition coefficient (Wildman–Crippen LogP) is 0.998. The van der Waals surface area contributed by atoms with Crippen LogP contribution < -0.4 is 0 Å². The second-order valence-electron chi connectivity index (χ2n) is 5.28. The Balaban J connectivity index is 1.73. The molecule has 7 nitrogen and oxygen atoms in total. The van der Waals surface area contributed by atoms with E-state index in [0.29, 0.717) is 24.2 Å². The Labute approximate surface area is 121 Å². The molecule has 0 aliphatic carbocycles. The van der Waals surface area contributed by atoms with Gasteiger partial charge in [0.2, 0.25) is 0 Å². The monoisotopic (exact) mass is 288 g/mol. The van der Waals surface area contributed by atoms with Crippen LogP contribution in [0.4, 0.5) is 0 Å². The number of fused-ring (bicyclic) bond motifs is 1. The average molecular weight is 288 g/mol. The Morgan fingerprint density at radius 1 is 1.38 bits per heavy atom. The first-order chi connectivity index (χ1) is 10.1. The molecular formula is C14H16N4O3. The number of amides is 1. The van der Waals surface area contributed by atoms with Crippen LogP contribution >= 0.6 is 0 Å². The van der Waals surface area contributed by atoms with Crippen molar-refractivity contribution in [2.24, 2.45) is 5.92 Å². The molecule has 0 spiro atoms. The third kappa shape index (κ3) is 2.46. The van der Waals surface area contributed by atoms with E-state index >= 15 is 0 Å². The molecule has 21 heavy (non-hydrogen) atoms. The second kappa shape index (κ2) is 5.16. The van der Waals surface area contributed by atoms with Crippen LogP contribution in [0.15, 0.2) is 18.2 Å². The number of aromatic nitrogens is 3. The lowest BCUT2D eigenvalue weighted by Gasteiger charge is -2.38. The topological polar surface area (TPSA) is 88.3 Å². The Morgan fingerprint density at radius 3 is 2.81 bits per heavy atom. The minimum Gasteiger partial charge on any atom is -0.481 e. The van der Waals surface area contributed by atoms with E-state index in [0.717, 1.165) is 12.1 Å². The predicted molar refractivity (Wildman–Crippen MR) is 74.8 cm³/mol. The highest BCUT2D eigenvalue weighted by Crippen LogP contribution is 2.22. The Kier molecular flexibility index (Phi) is 3.32. The molecule has 0 bridgehead atoms. The van der Waals surface area contributed by atoms with Crippen molar-refractivity contribution in [3.8, 4) is 0 Å². The lowest BCUT2D eigenvalue weighted by atomic mass is 9.95. The standard InChI is InChI=1S/C14H16N4O3/c1-2-18-12-4-3-10(6-11(12)15-16-18)14(21)17-7-9(8-17)5-13(19)20/h3-4,6,9H,2,5,7-8H2,1H3,(H,19,20). The lowest BCUT2D eigenvalue weighted by Crippen LogP contribution is -2.50. The first-order valence-electron chi connectivity index (χ1n) is 6.92. The Morgan fingerprint density at radius 2 is 2.14 bits per heavy atom. The molecule has 1 aromatic carbocycles. The van der Waals surface area contributed by atoms with E-state index in [1.165, 1.54) is 0 Å². The number of rotatable bonds is 4. The van der Waals surface area contributed by atoms with Crippen LogP contribution in [0.3, 0.4) is 0 Å².